The van der Waals surface area contributed by atoms with Crippen LogP contribution in [-0.4, -0.2) is 59.4 Å². The molecule has 3 heterocycles. The Bertz CT molecular complexity index is 1790. The second-order valence-corrected chi connectivity index (χ2v) is 11.2. The number of ether oxygens (including phenoxy) is 2. The molecule has 6 bridgehead atoms. The van der Waals surface area contributed by atoms with Gasteiger partial charge in [-0.2, -0.15) is 0 Å². The van der Waals surface area contributed by atoms with Crippen LogP contribution in [0.3, 0.4) is 0 Å². The number of hydrogen-bond acceptors (Lipinski definition) is 6. The number of nitrogens with zero attached hydrogens (tertiary/aromatic N) is 2. The molecule has 2 N–H and O–H groups in total. The Hall–Kier alpha value is -5.03. The number of rotatable bonds is 1. The highest BCUT2D eigenvalue weighted by atomic mass is 35.5. The van der Waals surface area contributed by atoms with Gasteiger partial charge in [-0.3, -0.25) is 19.4 Å². The van der Waals surface area contributed by atoms with Crippen LogP contribution in [0.5, 0.6) is 11.5 Å². The van der Waals surface area contributed by atoms with Crippen LogP contribution in [-0.2, 0) is 11.3 Å². The fraction of sp³-hybridized carbons (Fsp3) is 0.212. The fourth-order valence-electron chi connectivity index (χ4n) is 5.33. The maximum Gasteiger partial charge on any atom is 0.258 e. The van der Waals surface area contributed by atoms with Crippen molar-refractivity contribution in [3.8, 4) is 22.6 Å². The van der Waals surface area contributed by atoms with Crippen molar-refractivity contribution in [2.75, 3.05) is 19.7 Å². The first-order valence-electron chi connectivity index (χ1n) is 14.2. The van der Waals surface area contributed by atoms with Gasteiger partial charge in [0.05, 0.1) is 22.2 Å². The van der Waals surface area contributed by atoms with Crippen molar-refractivity contribution in [3.63, 3.8) is 0 Å². The van der Waals surface area contributed by atoms with Crippen molar-refractivity contribution in [1.29, 1.82) is 0 Å². The molecule has 0 radical (unpaired) electrons. The van der Waals surface area contributed by atoms with E-state index in [2.05, 4.69) is 15.6 Å². The van der Waals surface area contributed by atoms with Gasteiger partial charge in [0.1, 0.15) is 29.2 Å². The number of fused-ring (bicyclic) bond motifs is 8. The number of likely N-dealkylation sites (tertiary alicyclic amines) is 1. The Morgan fingerprint density at radius 1 is 0.933 bits per heavy atom. The Kier molecular flexibility index (Phi) is 8.61. The summed E-state index contributed by atoms with van der Waals surface area (Å²) in [6, 6.07) is 15.6. The molecule has 1 aromatic heterocycles. The van der Waals surface area contributed by atoms with E-state index < -0.39 is 41.5 Å². The lowest BCUT2D eigenvalue weighted by molar-refractivity contribution is -0.123. The number of carbonyl (C=O) groups is 3. The number of nitrogens with one attached hydrogen (secondary N) is 2. The van der Waals surface area contributed by atoms with Crippen LogP contribution < -0.4 is 20.1 Å². The normalized spacial score (nSPS) is 18.5. The molecule has 1 saturated heterocycles. The van der Waals surface area contributed by atoms with Gasteiger partial charge >= 0.3 is 0 Å². The molecule has 2 atom stereocenters. The number of hydrogen-bond donors (Lipinski definition) is 2. The first-order chi connectivity index (χ1) is 21.7. The minimum absolute atomic E-state index is 0.0272. The van der Waals surface area contributed by atoms with Gasteiger partial charge in [0.25, 0.3) is 17.7 Å². The quantitative estimate of drug-likeness (QED) is 0.313. The van der Waals surface area contributed by atoms with Crippen LogP contribution in [0, 0.1) is 11.6 Å². The zero-order valence-electron chi connectivity index (χ0n) is 23.8. The SMILES string of the molecule is O=C1COc2cccc(c2)-c2cncc(c2)C(=O)N[C@@H]2CN(C(=O)c3ccc(F)cc3Cl)CC[C@@H]2Oc2cc(F)cc(c2)CN1. The number of halogens is 3. The van der Waals surface area contributed by atoms with Crippen molar-refractivity contribution in [3.05, 3.63) is 112 Å². The van der Waals surface area contributed by atoms with Crippen molar-refractivity contribution in [2.45, 2.75) is 25.1 Å². The van der Waals surface area contributed by atoms with E-state index in [1.807, 2.05) is 6.07 Å². The van der Waals surface area contributed by atoms with Gasteiger partial charge in [0.15, 0.2) is 6.61 Å². The Labute approximate surface area is 262 Å². The van der Waals surface area contributed by atoms with Crippen LogP contribution in [0.4, 0.5) is 8.78 Å². The average molecular weight is 633 g/mol. The lowest BCUT2D eigenvalue weighted by Gasteiger charge is -2.39. The number of aromatic nitrogens is 1. The average Bonchev–Trinajstić information content (AvgIpc) is 3.03. The number of benzene rings is 3. The van der Waals surface area contributed by atoms with E-state index in [0.29, 0.717) is 22.4 Å². The number of amides is 3. The molecule has 6 rings (SSSR count). The number of piperidine rings is 1. The molecular weight excluding hydrogens is 606 g/mol. The molecular formula is C33H27ClF2N4O5. The lowest BCUT2D eigenvalue weighted by atomic mass is 9.99. The topological polar surface area (TPSA) is 110 Å². The van der Waals surface area contributed by atoms with Crippen molar-refractivity contribution in [2.24, 2.45) is 0 Å². The maximum atomic E-state index is 14.6. The third kappa shape index (κ3) is 7.04. The van der Waals surface area contributed by atoms with Gasteiger partial charge in [-0.05, 0) is 59.7 Å². The lowest BCUT2D eigenvalue weighted by Crippen LogP contribution is -2.58. The molecule has 4 aromatic rings. The zero-order valence-corrected chi connectivity index (χ0v) is 24.5. The van der Waals surface area contributed by atoms with E-state index in [1.54, 1.807) is 36.5 Å². The monoisotopic (exact) mass is 632 g/mol. The van der Waals surface area contributed by atoms with Gasteiger partial charge in [-0.25, -0.2) is 8.78 Å². The van der Waals surface area contributed by atoms with E-state index in [1.165, 1.54) is 29.3 Å². The third-order valence-electron chi connectivity index (χ3n) is 7.56. The summed E-state index contributed by atoms with van der Waals surface area (Å²) >= 11 is 6.18. The summed E-state index contributed by atoms with van der Waals surface area (Å²) in [7, 11) is 0. The van der Waals surface area contributed by atoms with Gasteiger partial charge in [0, 0.05) is 50.1 Å². The maximum absolute atomic E-state index is 14.6. The van der Waals surface area contributed by atoms with E-state index in [-0.39, 0.29) is 54.6 Å². The Morgan fingerprint density at radius 2 is 1.78 bits per heavy atom. The van der Waals surface area contributed by atoms with E-state index in [9.17, 15) is 23.2 Å². The van der Waals surface area contributed by atoms with E-state index >= 15 is 0 Å². The zero-order chi connectivity index (χ0) is 31.5. The molecule has 9 nitrogen and oxygen atoms in total. The molecule has 0 unspecified atom stereocenters. The summed E-state index contributed by atoms with van der Waals surface area (Å²) < 4.78 is 40.2. The van der Waals surface area contributed by atoms with Crippen LogP contribution in [0.2, 0.25) is 5.02 Å². The summed E-state index contributed by atoms with van der Waals surface area (Å²) in [6.07, 6.45) is 2.64. The second kappa shape index (κ2) is 12.9. The van der Waals surface area contributed by atoms with Gasteiger partial charge in [-0.15, -0.1) is 0 Å². The van der Waals surface area contributed by atoms with E-state index in [0.717, 1.165) is 12.1 Å². The molecule has 0 saturated carbocycles. The smallest absolute Gasteiger partial charge is 0.258 e. The molecule has 3 amide bonds. The van der Waals surface area contributed by atoms with Crippen molar-refractivity contribution in [1.82, 2.24) is 20.5 Å². The van der Waals surface area contributed by atoms with Crippen LogP contribution in [0.15, 0.2) is 79.1 Å². The highest BCUT2D eigenvalue weighted by molar-refractivity contribution is 6.33. The summed E-state index contributed by atoms with van der Waals surface area (Å²) in [5, 5.41) is 5.66. The van der Waals surface area contributed by atoms with E-state index in [4.69, 9.17) is 21.1 Å². The molecule has 2 aliphatic heterocycles. The number of pyridine rings is 1. The standard InChI is InChI=1S/C33H27ClF2N4O5/c34-28-13-23(35)4-5-27(28)33(43)40-7-6-30-29(17-40)39-32(42)22-10-21(15-37-16-22)20-2-1-3-25(11-20)44-18-31(41)38-14-19-8-24(36)12-26(9-19)45-30/h1-5,8-13,15-16,29-30H,6-7,14,17-18H2,(H,38,41)(H,39,42)/t29-,30+/m1/s1. The van der Waals surface area contributed by atoms with Crippen LogP contribution in [0.1, 0.15) is 32.7 Å². The van der Waals surface area contributed by atoms with Crippen LogP contribution in [0.25, 0.3) is 11.1 Å². The summed E-state index contributed by atoms with van der Waals surface area (Å²) in [5.41, 5.74) is 2.19. The third-order valence-corrected chi connectivity index (χ3v) is 7.87. The van der Waals surface area contributed by atoms with Gasteiger partial charge < -0.3 is 25.0 Å². The molecule has 12 heteroatoms. The number of carbonyl (C=O) groups excluding carboxylic acids is 3. The first-order valence-corrected chi connectivity index (χ1v) is 14.6. The van der Waals surface area contributed by atoms with Crippen molar-refractivity contribution < 1.29 is 32.6 Å². The van der Waals surface area contributed by atoms with Gasteiger partial charge in [0.2, 0.25) is 0 Å². The highest BCUT2D eigenvalue weighted by Gasteiger charge is 2.35. The largest absolute Gasteiger partial charge is 0.488 e. The summed E-state index contributed by atoms with van der Waals surface area (Å²) in [4.78, 5) is 45.3. The summed E-state index contributed by atoms with van der Waals surface area (Å²) in [6.45, 7) is 0.0349. The fourth-order valence-corrected chi connectivity index (χ4v) is 5.58. The predicted octanol–water partition coefficient (Wildman–Crippen LogP) is 4.78. The van der Waals surface area contributed by atoms with Crippen molar-refractivity contribution >= 4 is 29.3 Å². The molecule has 2 aliphatic rings. The highest BCUT2D eigenvalue weighted by Crippen LogP contribution is 2.27. The molecule has 3 aromatic carbocycles. The molecule has 0 spiro atoms. The second-order valence-electron chi connectivity index (χ2n) is 10.8. The molecule has 1 fully saturated rings. The molecule has 0 aliphatic carbocycles. The minimum Gasteiger partial charge on any atom is -0.488 e. The van der Waals surface area contributed by atoms with Crippen LogP contribution >= 0.6 is 11.6 Å². The van der Waals surface area contributed by atoms with Gasteiger partial charge in [-0.1, -0.05) is 23.7 Å². The Balaban J connectivity index is 1.34. The minimum atomic E-state index is -0.733. The summed E-state index contributed by atoms with van der Waals surface area (Å²) in [5.74, 6) is -1.80. The molecule has 230 valence electrons. The Morgan fingerprint density at radius 3 is 2.62 bits per heavy atom. The first kappa shape index (κ1) is 30.0. The molecule has 45 heavy (non-hydrogen) atoms. The predicted molar refractivity (Wildman–Crippen MR) is 161 cm³/mol.